The smallest absolute Gasteiger partial charge is 0.128 e. The fourth-order valence-electron chi connectivity index (χ4n) is 2.73. The van der Waals surface area contributed by atoms with Gasteiger partial charge in [-0.15, -0.1) is 0 Å². The molecule has 3 rings (SSSR count). The third kappa shape index (κ3) is 3.22. The maximum absolute atomic E-state index is 4.62. The van der Waals surface area contributed by atoms with Crippen molar-refractivity contribution < 1.29 is 0 Å². The average molecular weight is 282 g/mol. The Bertz CT molecular complexity index is 557. The van der Waals surface area contributed by atoms with Gasteiger partial charge in [0.25, 0.3) is 0 Å². The summed E-state index contributed by atoms with van der Waals surface area (Å²) in [5, 5.41) is 0. The monoisotopic (exact) mass is 282 g/mol. The first-order chi connectivity index (χ1) is 10.2. The minimum absolute atomic E-state index is 0.631. The van der Waals surface area contributed by atoms with Crippen molar-refractivity contribution in [3.8, 4) is 11.3 Å². The molecule has 0 spiro atoms. The molecule has 0 atom stereocenters. The van der Waals surface area contributed by atoms with Gasteiger partial charge in [-0.3, -0.25) is 9.88 Å². The van der Waals surface area contributed by atoms with Crippen LogP contribution >= 0.6 is 0 Å². The van der Waals surface area contributed by atoms with E-state index in [0.29, 0.717) is 6.04 Å². The van der Waals surface area contributed by atoms with Crippen molar-refractivity contribution in [2.45, 2.75) is 19.9 Å². The van der Waals surface area contributed by atoms with E-state index in [9.17, 15) is 0 Å². The van der Waals surface area contributed by atoms with Gasteiger partial charge in [-0.25, -0.2) is 4.98 Å². The summed E-state index contributed by atoms with van der Waals surface area (Å²) in [7, 11) is 0. The van der Waals surface area contributed by atoms with Gasteiger partial charge in [0, 0.05) is 50.2 Å². The number of aromatic nitrogens is 2. The zero-order valence-corrected chi connectivity index (χ0v) is 12.7. The molecule has 4 nitrogen and oxygen atoms in total. The molecule has 110 valence electrons. The standard InChI is InChI=1S/C17H22N4/c1-14(2)20-9-11-21(12-10-20)17-7-6-15(13-19-17)16-5-3-4-8-18-16/h3-8,13-14H,9-12H2,1-2H3. The lowest BCUT2D eigenvalue weighted by atomic mass is 10.2. The zero-order valence-electron chi connectivity index (χ0n) is 12.7. The first-order valence-corrected chi connectivity index (χ1v) is 7.60. The summed E-state index contributed by atoms with van der Waals surface area (Å²) in [5.74, 6) is 1.07. The lowest BCUT2D eigenvalue weighted by Gasteiger charge is -2.37. The molecule has 0 unspecified atom stereocenters. The molecule has 0 radical (unpaired) electrons. The maximum atomic E-state index is 4.62. The first kappa shape index (κ1) is 14.0. The minimum atomic E-state index is 0.631. The molecule has 1 saturated heterocycles. The number of nitrogens with zero attached hydrogens (tertiary/aromatic N) is 4. The van der Waals surface area contributed by atoms with Crippen LogP contribution in [0, 0.1) is 0 Å². The van der Waals surface area contributed by atoms with Crippen LogP contribution in [0.15, 0.2) is 42.7 Å². The Labute approximate surface area is 126 Å². The number of piperazine rings is 1. The summed E-state index contributed by atoms with van der Waals surface area (Å²) >= 11 is 0. The number of hydrogen-bond donors (Lipinski definition) is 0. The Morgan fingerprint density at radius 3 is 2.33 bits per heavy atom. The highest BCUT2D eigenvalue weighted by Crippen LogP contribution is 2.20. The number of anilines is 1. The fourth-order valence-corrected chi connectivity index (χ4v) is 2.73. The van der Waals surface area contributed by atoms with Crippen molar-refractivity contribution in [2.24, 2.45) is 0 Å². The van der Waals surface area contributed by atoms with Crippen molar-refractivity contribution in [3.05, 3.63) is 42.7 Å². The van der Waals surface area contributed by atoms with Gasteiger partial charge in [0.15, 0.2) is 0 Å². The van der Waals surface area contributed by atoms with Gasteiger partial charge in [-0.1, -0.05) is 6.07 Å². The summed E-state index contributed by atoms with van der Waals surface area (Å²) in [5.41, 5.74) is 2.04. The average Bonchev–Trinajstić information content (AvgIpc) is 2.56. The van der Waals surface area contributed by atoms with Crippen molar-refractivity contribution in [1.29, 1.82) is 0 Å². The maximum Gasteiger partial charge on any atom is 0.128 e. The van der Waals surface area contributed by atoms with E-state index in [4.69, 9.17) is 0 Å². The van der Waals surface area contributed by atoms with Crippen LogP contribution in [0.25, 0.3) is 11.3 Å². The van der Waals surface area contributed by atoms with E-state index in [0.717, 1.165) is 43.3 Å². The van der Waals surface area contributed by atoms with Crippen LogP contribution in [0.4, 0.5) is 5.82 Å². The van der Waals surface area contributed by atoms with Crippen LogP contribution in [0.1, 0.15) is 13.8 Å². The topological polar surface area (TPSA) is 32.3 Å². The predicted octanol–water partition coefficient (Wildman–Crippen LogP) is 2.67. The van der Waals surface area contributed by atoms with Gasteiger partial charge in [0.05, 0.1) is 5.69 Å². The van der Waals surface area contributed by atoms with E-state index < -0.39 is 0 Å². The van der Waals surface area contributed by atoms with Crippen LogP contribution < -0.4 is 4.90 Å². The summed E-state index contributed by atoms with van der Waals surface area (Å²) in [6.07, 6.45) is 3.74. The highest BCUT2D eigenvalue weighted by Gasteiger charge is 2.19. The van der Waals surface area contributed by atoms with E-state index in [-0.39, 0.29) is 0 Å². The minimum Gasteiger partial charge on any atom is -0.354 e. The van der Waals surface area contributed by atoms with E-state index >= 15 is 0 Å². The molecule has 0 N–H and O–H groups in total. The second-order valence-corrected chi connectivity index (χ2v) is 5.74. The van der Waals surface area contributed by atoms with Crippen LogP contribution in [-0.2, 0) is 0 Å². The molecule has 0 bridgehead atoms. The SMILES string of the molecule is CC(C)N1CCN(c2ccc(-c3ccccn3)cn2)CC1. The molecular formula is C17H22N4. The van der Waals surface area contributed by atoms with E-state index in [1.165, 1.54) is 0 Å². The van der Waals surface area contributed by atoms with Crippen molar-refractivity contribution in [2.75, 3.05) is 31.1 Å². The molecule has 0 amide bonds. The van der Waals surface area contributed by atoms with Crippen LogP contribution in [0.2, 0.25) is 0 Å². The molecule has 0 saturated carbocycles. The highest BCUT2D eigenvalue weighted by molar-refractivity contribution is 5.59. The van der Waals surface area contributed by atoms with Crippen molar-refractivity contribution in [1.82, 2.24) is 14.9 Å². The van der Waals surface area contributed by atoms with E-state index in [2.05, 4.69) is 45.7 Å². The molecule has 0 aromatic carbocycles. The van der Waals surface area contributed by atoms with Gasteiger partial charge in [-0.2, -0.15) is 0 Å². The summed E-state index contributed by atoms with van der Waals surface area (Å²) in [4.78, 5) is 13.9. The third-order valence-corrected chi connectivity index (χ3v) is 4.08. The Balaban J connectivity index is 1.68. The second-order valence-electron chi connectivity index (χ2n) is 5.74. The van der Waals surface area contributed by atoms with E-state index in [1.54, 1.807) is 0 Å². The van der Waals surface area contributed by atoms with Crippen molar-refractivity contribution in [3.63, 3.8) is 0 Å². The van der Waals surface area contributed by atoms with Gasteiger partial charge in [-0.05, 0) is 38.1 Å². The highest BCUT2D eigenvalue weighted by atomic mass is 15.3. The third-order valence-electron chi connectivity index (χ3n) is 4.08. The quantitative estimate of drug-likeness (QED) is 0.866. The molecule has 2 aromatic rings. The van der Waals surface area contributed by atoms with Gasteiger partial charge in [0.1, 0.15) is 5.82 Å². The summed E-state index contributed by atoms with van der Waals surface area (Å²) in [6.45, 7) is 8.84. The zero-order chi connectivity index (χ0) is 14.7. The molecule has 0 aliphatic carbocycles. The molecule has 21 heavy (non-hydrogen) atoms. The Morgan fingerprint density at radius 1 is 0.952 bits per heavy atom. The van der Waals surface area contributed by atoms with Gasteiger partial charge < -0.3 is 4.90 Å². The molecule has 2 aromatic heterocycles. The predicted molar refractivity (Wildman–Crippen MR) is 86.4 cm³/mol. The lowest BCUT2D eigenvalue weighted by Crippen LogP contribution is -2.49. The van der Waals surface area contributed by atoms with E-state index in [1.807, 2.05) is 30.6 Å². The van der Waals surface area contributed by atoms with Crippen LogP contribution in [-0.4, -0.2) is 47.1 Å². The number of rotatable bonds is 3. The molecule has 3 heterocycles. The second kappa shape index (κ2) is 6.22. The normalized spacial score (nSPS) is 16.4. The number of hydrogen-bond acceptors (Lipinski definition) is 4. The molecule has 1 fully saturated rings. The Morgan fingerprint density at radius 2 is 1.76 bits per heavy atom. The largest absolute Gasteiger partial charge is 0.354 e. The van der Waals surface area contributed by atoms with Gasteiger partial charge in [0.2, 0.25) is 0 Å². The Hall–Kier alpha value is -1.94. The Kier molecular flexibility index (Phi) is 4.15. The van der Waals surface area contributed by atoms with Crippen LogP contribution in [0.3, 0.4) is 0 Å². The molecule has 1 aliphatic rings. The van der Waals surface area contributed by atoms with Gasteiger partial charge >= 0.3 is 0 Å². The summed E-state index contributed by atoms with van der Waals surface area (Å²) < 4.78 is 0. The first-order valence-electron chi connectivity index (χ1n) is 7.60. The lowest BCUT2D eigenvalue weighted by molar-refractivity contribution is 0.209. The molecular weight excluding hydrogens is 260 g/mol. The molecule has 1 aliphatic heterocycles. The number of pyridine rings is 2. The van der Waals surface area contributed by atoms with Crippen molar-refractivity contribution >= 4 is 5.82 Å². The molecule has 4 heteroatoms. The fraction of sp³-hybridized carbons (Fsp3) is 0.412. The summed E-state index contributed by atoms with van der Waals surface area (Å²) in [6, 6.07) is 10.8. The van der Waals surface area contributed by atoms with Crippen LogP contribution in [0.5, 0.6) is 0 Å².